The minimum absolute atomic E-state index is 0.122. The maximum Gasteiger partial charge on any atom is 0.254 e. The molecule has 1 aliphatic rings. The smallest absolute Gasteiger partial charge is 0.254 e. The van der Waals surface area contributed by atoms with E-state index in [0.717, 1.165) is 37.9 Å². The molecule has 2 aromatic rings. The maximum atomic E-state index is 12.4. The molecule has 1 saturated carbocycles. The van der Waals surface area contributed by atoms with Crippen LogP contribution in [0.2, 0.25) is 5.15 Å². The van der Waals surface area contributed by atoms with Crippen LogP contribution < -0.4 is 10.6 Å². The van der Waals surface area contributed by atoms with Gasteiger partial charge in [-0.2, -0.15) is 0 Å². The second kappa shape index (κ2) is 8.34. The summed E-state index contributed by atoms with van der Waals surface area (Å²) >= 11 is 6.08. The van der Waals surface area contributed by atoms with E-state index in [1.54, 1.807) is 6.07 Å². The van der Waals surface area contributed by atoms with E-state index in [1.165, 1.54) is 5.69 Å². The molecule has 0 aliphatic heterocycles. The third-order valence-electron chi connectivity index (χ3n) is 4.78. The Hall–Kier alpha value is -2.07. The predicted molar refractivity (Wildman–Crippen MR) is 102 cm³/mol. The topological polar surface area (TPSA) is 54.0 Å². The fraction of sp³-hybridized carbons (Fsp3) is 0.400. The standard InChI is InChI=1S/C20H24ClN3O/c1-14-7-12-18(19(21)23-14)20(25)24-17-10-8-15(9-11-17)13-22-16-5-3-2-4-6-16/h2-7,12,15,17,22H,8-11,13H2,1H3,(H,24,25)/t15-,17-. The number of halogens is 1. The Balaban J connectivity index is 1.45. The molecule has 25 heavy (non-hydrogen) atoms. The molecule has 0 atom stereocenters. The summed E-state index contributed by atoms with van der Waals surface area (Å²) in [5.74, 6) is 0.529. The van der Waals surface area contributed by atoms with E-state index < -0.39 is 0 Å². The van der Waals surface area contributed by atoms with Gasteiger partial charge in [0.05, 0.1) is 5.56 Å². The van der Waals surface area contributed by atoms with E-state index in [-0.39, 0.29) is 17.1 Å². The van der Waals surface area contributed by atoms with Crippen molar-refractivity contribution in [2.24, 2.45) is 5.92 Å². The lowest BCUT2D eigenvalue weighted by Crippen LogP contribution is -2.38. The number of aryl methyl sites for hydroxylation is 1. The van der Waals surface area contributed by atoms with E-state index in [0.29, 0.717) is 11.5 Å². The van der Waals surface area contributed by atoms with Gasteiger partial charge >= 0.3 is 0 Å². The lowest BCUT2D eigenvalue weighted by molar-refractivity contribution is 0.0922. The largest absolute Gasteiger partial charge is 0.385 e. The van der Waals surface area contributed by atoms with Gasteiger partial charge in [-0.05, 0) is 62.8 Å². The van der Waals surface area contributed by atoms with Crippen molar-refractivity contribution in [3.8, 4) is 0 Å². The molecule has 0 bridgehead atoms. The first-order chi connectivity index (χ1) is 12.1. The molecule has 2 N–H and O–H groups in total. The SMILES string of the molecule is Cc1ccc(C(=O)N[C@H]2CC[C@H](CNc3ccccc3)CC2)c(Cl)n1. The van der Waals surface area contributed by atoms with Gasteiger partial charge in [-0.3, -0.25) is 4.79 Å². The Morgan fingerprint density at radius 1 is 1.12 bits per heavy atom. The average Bonchev–Trinajstić information content (AvgIpc) is 2.62. The summed E-state index contributed by atoms with van der Waals surface area (Å²) in [6, 6.07) is 14.1. The van der Waals surface area contributed by atoms with Gasteiger partial charge < -0.3 is 10.6 Å². The molecule has 3 rings (SSSR count). The van der Waals surface area contributed by atoms with Crippen molar-refractivity contribution in [1.82, 2.24) is 10.3 Å². The van der Waals surface area contributed by atoms with Crippen LogP contribution in [-0.4, -0.2) is 23.5 Å². The van der Waals surface area contributed by atoms with Crippen LogP contribution in [-0.2, 0) is 0 Å². The Labute approximate surface area is 154 Å². The number of rotatable bonds is 5. The molecule has 1 fully saturated rings. The van der Waals surface area contributed by atoms with Gasteiger partial charge in [0.25, 0.3) is 5.91 Å². The van der Waals surface area contributed by atoms with E-state index in [2.05, 4.69) is 27.8 Å². The summed E-state index contributed by atoms with van der Waals surface area (Å²) in [5.41, 5.74) is 2.44. The first-order valence-electron chi connectivity index (χ1n) is 8.85. The van der Waals surface area contributed by atoms with Gasteiger partial charge in [0.1, 0.15) is 5.15 Å². The summed E-state index contributed by atoms with van der Waals surface area (Å²) in [5, 5.41) is 6.88. The van der Waals surface area contributed by atoms with E-state index in [4.69, 9.17) is 11.6 Å². The molecule has 1 amide bonds. The number of nitrogens with one attached hydrogen (secondary N) is 2. The van der Waals surface area contributed by atoms with Gasteiger partial charge in [-0.15, -0.1) is 0 Å². The Morgan fingerprint density at radius 3 is 2.52 bits per heavy atom. The number of nitrogens with zero attached hydrogens (tertiary/aromatic N) is 1. The molecule has 1 aromatic heterocycles. The minimum Gasteiger partial charge on any atom is -0.385 e. The molecular weight excluding hydrogens is 334 g/mol. The number of amides is 1. The zero-order valence-corrected chi connectivity index (χ0v) is 15.2. The third-order valence-corrected chi connectivity index (χ3v) is 5.07. The molecule has 4 nitrogen and oxygen atoms in total. The highest BCUT2D eigenvalue weighted by molar-refractivity contribution is 6.32. The number of anilines is 1. The number of carbonyl (C=O) groups excluding carboxylic acids is 1. The number of benzene rings is 1. The summed E-state index contributed by atoms with van der Waals surface area (Å²) in [6.07, 6.45) is 4.24. The second-order valence-electron chi connectivity index (χ2n) is 6.73. The van der Waals surface area contributed by atoms with Crippen molar-refractivity contribution < 1.29 is 4.79 Å². The zero-order valence-electron chi connectivity index (χ0n) is 14.5. The van der Waals surface area contributed by atoms with Crippen molar-refractivity contribution in [1.29, 1.82) is 0 Å². The van der Waals surface area contributed by atoms with Crippen LogP contribution in [0.4, 0.5) is 5.69 Å². The summed E-state index contributed by atoms with van der Waals surface area (Å²) in [7, 11) is 0. The van der Waals surface area contributed by atoms with Crippen LogP contribution in [0.3, 0.4) is 0 Å². The fourth-order valence-electron chi connectivity index (χ4n) is 3.29. The Morgan fingerprint density at radius 2 is 1.84 bits per heavy atom. The van der Waals surface area contributed by atoms with E-state index in [1.807, 2.05) is 31.2 Å². The third kappa shape index (κ3) is 4.95. The van der Waals surface area contributed by atoms with Crippen molar-refractivity contribution in [2.75, 3.05) is 11.9 Å². The average molecular weight is 358 g/mol. The molecule has 0 unspecified atom stereocenters. The first-order valence-corrected chi connectivity index (χ1v) is 9.22. The van der Waals surface area contributed by atoms with Crippen molar-refractivity contribution in [2.45, 2.75) is 38.6 Å². The molecule has 132 valence electrons. The monoisotopic (exact) mass is 357 g/mol. The van der Waals surface area contributed by atoms with Gasteiger partial charge in [0.15, 0.2) is 0 Å². The lowest BCUT2D eigenvalue weighted by Gasteiger charge is -2.29. The first kappa shape index (κ1) is 17.7. The van der Waals surface area contributed by atoms with Crippen molar-refractivity contribution >= 4 is 23.2 Å². The number of hydrogen-bond acceptors (Lipinski definition) is 3. The van der Waals surface area contributed by atoms with Gasteiger partial charge in [-0.25, -0.2) is 4.98 Å². The number of carbonyl (C=O) groups is 1. The van der Waals surface area contributed by atoms with E-state index >= 15 is 0 Å². The van der Waals surface area contributed by atoms with Gasteiger partial charge in [0, 0.05) is 24.0 Å². The van der Waals surface area contributed by atoms with Crippen molar-refractivity contribution in [3.63, 3.8) is 0 Å². The molecule has 1 aliphatic carbocycles. The van der Waals surface area contributed by atoms with Crippen LogP contribution in [0.5, 0.6) is 0 Å². The van der Waals surface area contributed by atoms with Gasteiger partial charge in [-0.1, -0.05) is 29.8 Å². The van der Waals surface area contributed by atoms with Crippen LogP contribution in [0.1, 0.15) is 41.7 Å². The van der Waals surface area contributed by atoms with Crippen LogP contribution in [0, 0.1) is 12.8 Å². The highest BCUT2D eigenvalue weighted by Crippen LogP contribution is 2.25. The highest BCUT2D eigenvalue weighted by atomic mass is 35.5. The fourth-order valence-corrected chi connectivity index (χ4v) is 3.57. The Kier molecular flexibility index (Phi) is 5.92. The summed E-state index contributed by atoms with van der Waals surface area (Å²) < 4.78 is 0. The van der Waals surface area contributed by atoms with Gasteiger partial charge in [0.2, 0.25) is 0 Å². The Bertz CT molecular complexity index is 712. The molecule has 1 heterocycles. The number of aromatic nitrogens is 1. The van der Waals surface area contributed by atoms with Crippen LogP contribution >= 0.6 is 11.6 Å². The summed E-state index contributed by atoms with van der Waals surface area (Å²) in [6.45, 7) is 2.84. The molecule has 0 saturated heterocycles. The highest BCUT2D eigenvalue weighted by Gasteiger charge is 2.23. The molecule has 0 radical (unpaired) electrons. The number of hydrogen-bond donors (Lipinski definition) is 2. The predicted octanol–water partition coefficient (Wildman–Crippen LogP) is 4.44. The van der Waals surface area contributed by atoms with E-state index in [9.17, 15) is 4.79 Å². The van der Waals surface area contributed by atoms with Crippen LogP contribution in [0.25, 0.3) is 0 Å². The maximum absolute atomic E-state index is 12.4. The minimum atomic E-state index is -0.122. The zero-order chi connectivity index (χ0) is 17.6. The molecular formula is C20H24ClN3O. The van der Waals surface area contributed by atoms with Crippen molar-refractivity contribution in [3.05, 3.63) is 58.9 Å². The molecule has 1 aromatic carbocycles. The number of para-hydroxylation sites is 1. The van der Waals surface area contributed by atoms with Crippen LogP contribution in [0.15, 0.2) is 42.5 Å². The lowest BCUT2D eigenvalue weighted by atomic mass is 9.86. The quantitative estimate of drug-likeness (QED) is 0.777. The number of pyridine rings is 1. The molecule has 5 heteroatoms. The molecule has 0 spiro atoms. The second-order valence-corrected chi connectivity index (χ2v) is 7.09. The normalized spacial score (nSPS) is 20.1. The summed E-state index contributed by atoms with van der Waals surface area (Å²) in [4.78, 5) is 16.5.